The summed E-state index contributed by atoms with van der Waals surface area (Å²) >= 11 is 0. The SMILES string of the molecule is CC1CCC2(CC1)NC(=O)N(CCCC(C)(C)CN)C2=O. The number of nitrogens with two attached hydrogens (primary N) is 1. The molecular weight excluding hydrogens is 266 g/mol. The van der Waals surface area contributed by atoms with Crippen LogP contribution in [0.3, 0.4) is 0 Å². The Labute approximate surface area is 127 Å². The molecule has 0 aromatic heterocycles. The molecule has 1 saturated carbocycles. The number of hydrogen-bond donors (Lipinski definition) is 2. The Bertz CT molecular complexity index is 412. The largest absolute Gasteiger partial charge is 0.330 e. The number of nitrogens with one attached hydrogen (secondary N) is 1. The summed E-state index contributed by atoms with van der Waals surface area (Å²) in [7, 11) is 0. The average molecular weight is 295 g/mol. The molecule has 5 heteroatoms. The molecule has 0 aromatic carbocycles. The third-order valence-corrected chi connectivity index (χ3v) is 5.16. The number of imide groups is 1. The molecular formula is C16H29N3O2. The molecule has 1 saturated heterocycles. The summed E-state index contributed by atoms with van der Waals surface area (Å²) < 4.78 is 0. The minimum Gasteiger partial charge on any atom is -0.330 e. The minimum atomic E-state index is -0.604. The summed E-state index contributed by atoms with van der Waals surface area (Å²) in [6.45, 7) is 7.56. The van der Waals surface area contributed by atoms with Crippen molar-refractivity contribution in [2.45, 2.75) is 64.8 Å². The molecule has 0 atom stereocenters. The monoisotopic (exact) mass is 295 g/mol. The van der Waals surface area contributed by atoms with Gasteiger partial charge in [-0.2, -0.15) is 0 Å². The maximum Gasteiger partial charge on any atom is 0.325 e. The van der Waals surface area contributed by atoms with Crippen molar-refractivity contribution >= 4 is 11.9 Å². The van der Waals surface area contributed by atoms with Crippen LogP contribution in [0.2, 0.25) is 0 Å². The van der Waals surface area contributed by atoms with Gasteiger partial charge in [0.1, 0.15) is 5.54 Å². The van der Waals surface area contributed by atoms with Gasteiger partial charge in [-0.3, -0.25) is 9.69 Å². The van der Waals surface area contributed by atoms with Crippen LogP contribution in [0.25, 0.3) is 0 Å². The van der Waals surface area contributed by atoms with Crippen LogP contribution >= 0.6 is 0 Å². The fourth-order valence-corrected chi connectivity index (χ4v) is 3.29. The van der Waals surface area contributed by atoms with Gasteiger partial charge < -0.3 is 11.1 Å². The zero-order valence-corrected chi connectivity index (χ0v) is 13.6. The quantitative estimate of drug-likeness (QED) is 0.764. The van der Waals surface area contributed by atoms with Gasteiger partial charge in [-0.05, 0) is 56.4 Å². The van der Waals surface area contributed by atoms with Crippen LogP contribution in [0.15, 0.2) is 0 Å². The molecule has 1 spiro atoms. The molecule has 3 N–H and O–H groups in total. The first-order valence-electron chi connectivity index (χ1n) is 8.14. The third-order valence-electron chi connectivity index (χ3n) is 5.16. The van der Waals surface area contributed by atoms with Crippen molar-refractivity contribution in [3.8, 4) is 0 Å². The lowest BCUT2D eigenvalue weighted by molar-refractivity contribution is -0.132. The standard InChI is InChI=1S/C16H29N3O2/c1-12-5-8-16(9-6-12)13(20)19(14(21)18-16)10-4-7-15(2,3)11-17/h12H,4-11,17H2,1-3H3,(H,18,21). The van der Waals surface area contributed by atoms with Gasteiger partial charge in [0.15, 0.2) is 0 Å². The van der Waals surface area contributed by atoms with E-state index in [1.54, 1.807) is 0 Å². The summed E-state index contributed by atoms with van der Waals surface area (Å²) in [5, 5.41) is 2.96. The van der Waals surface area contributed by atoms with E-state index in [0.717, 1.165) is 38.5 Å². The van der Waals surface area contributed by atoms with Crippen LogP contribution < -0.4 is 11.1 Å². The smallest absolute Gasteiger partial charge is 0.325 e. The fourth-order valence-electron chi connectivity index (χ4n) is 3.29. The van der Waals surface area contributed by atoms with Crippen LogP contribution in [0.5, 0.6) is 0 Å². The molecule has 21 heavy (non-hydrogen) atoms. The number of carbonyl (C=O) groups excluding carboxylic acids is 2. The van der Waals surface area contributed by atoms with Gasteiger partial charge in [-0.15, -0.1) is 0 Å². The van der Waals surface area contributed by atoms with Crippen molar-refractivity contribution in [1.29, 1.82) is 0 Å². The molecule has 5 nitrogen and oxygen atoms in total. The van der Waals surface area contributed by atoms with E-state index in [1.807, 2.05) is 0 Å². The van der Waals surface area contributed by atoms with Crippen LogP contribution in [0, 0.1) is 11.3 Å². The second-order valence-electron chi connectivity index (χ2n) is 7.62. The zero-order valence-electron chi connectivity index (χ0n) is 13.6. The maximum atomic E-state index is 12.6. The van der Waals surface area contributed by atoms with Gasteiger partial charge in [0.05, 0.1) is 0 Å². The summed E-state index contributed by atoms with van der Waals surface area (Å²) in [5.74, 6) is 0.643. The first-order valence-corrected chi connectivity index (χ1v) is 8.14. The first-order chi connectivity index (χ1) is 9.80. The van der Waals surface area contributed by atoms with Crippen molar-refractivity contribution in [2.75, 3.05) is 13.1 Å². The number of amides is 3. The molecule has 3 amide bonds. The lowest BCUT2D eigenvalue weighted by Crippen LogP contribution is -2.49. The van der Waals surface area contributed by atoms with Gasteiger partial charge in [0, 0.05) is 6.54 Å². The lowest BCUT2D eigenvalue weighted by Gasteiger charge is -2.33. The van der Waals surface area contributed by atoms with E-state index in [2.05, 4.69) is 26.1 Å². The average Bonchev–Trinajstić information content (AvgIpc) is 2.67. The number of rotatable bonds is 5. The summed E-state index contributed by atoms with van der Waals surface area (Å²) in [6.07, 6.45) is 5.33. The Kier molecular flexibility index (Phi) is 4.61. The van der Waals surface area contributed by atoms with Crippen LogP contribution in [-0.4, -0.2) is 35.5 Å². The molecule has 1 aliphatic heterocycles. The molecule has 2 aliphatic rings. The zero-order chi connectivity index (χ0) is 15.7. The van der Waals surface area contributed by atoms with Crippen LogP contribution in [0.4, 0.5) is 4.79 Å². The normalized spacial score (nSPS) is 30.1. The van der Waals surface area contributed by atoms with Crippen molar-refractivity contribution in [3.63, 3.8) is 0 Å². The highest BCUT2D eigenvalue weighted by atomic mass is 16.2. The van der Waals surface area contributed by atoms with Crippen LogP contribution in [-0.2, 0) is 4.79 Å². The lowest BCUT2D eigenvalue weighted by atomic mass is 9.77. The molecule has 0 unspecified atom stereocenters. The molecule has 2 rings (SSSR count). The Hall–Kier alpha value is -1.10. The predicted octanol–water partition coefficient (Wildman–Crippen LogP) is 2.25. The van der Waals surface area contributed by atoms with E-state index in [9.17, 15) is 9.59 Å². The predicted molar refractivity (Wildman–Crippen MR) is 82.7 cm³/mol. The van der Waals surface area contributed by atoms with E-state index in [-0.39, 0.29) is 17.4 Å². The molecule has 1 aliphatic carbocycles. The van der Waals surface area contributed by atoms with Crippen molar-refractivity contribution in [2.24, 2.45) is 17.1 Å². The number of hydrogen-bond acceptors (Lipinski definition) is 3. The van der Waals surface area contributed by atoms with Gasteiger partial charge in [0.2, 0.25) is 0 Å². The van der Waals surface area contributed by atoms with Gasteiger partial charge >= 0.3 is 6.03 Å². The third kappa shape index (κ3) is 3.39. The second-order valence-corrected chi connectivity index (χ2v) is 7.62. The van der Waals surface area contributed by atoms with Gasteiger partial charge in [-0.25, -0.2) is 4.79 Å². The molecule has 120 valence electrons. The Morgan fingerprint density at radius 1 is 1.33 bits per heavy atom. The second kappa shape index (κ2) is 5.95. The number of nitrogens with zero attached hydrogens (tertiary/aromatic N) is 1. The molecule has 0 bridgehead atoms. The van der Waals surface area contributed by atoms with E-state index >= 15 is 0 Å². The maximum absolute atomic E-state index is 12.6. The van der Waals surface area contributed by atoms with Crippen LogP contribution in [0.1, 0.15) is 59.3 Å². The summed E-state index contributed by atoms with van der Waals surface area (Å²) in [5.41, 5.74) is 5.18. The first kappa shape index (κ1) is 16.3. The topological polar surface area (TPSA) is 75.4 Å². The molecule has 1 heterocycles. The summed E-state index contributed by atoms with van der Waals surface area (Å²) in [6, 6.07) is -0.208. The van der Waals surface area contributed by atoms with Crippen molar-refractivity contribution in [1.82, 2.24) is 10.2 Å². The number of carbonyl (C=O) groups is 2. The molecule has 0 aromatic rings. The summed E-state index contributed by atoms with van der Waals surface area (Å²) in [4.78, 5) is 26.2. The van der Waals surface area contributed by atoms with Gasteiger partial charge in [0.25, 0.3) is 5.91 Å². The van der Waals surface area contributed by atoms with E-state index < -0.39 is 5.54 Å². The fraction of sp³-hybridized carbons (Fsp3) is 0.875. The van der Waals surface area contributed by atoms with E-state index in [4.69, 9.17) is 5.73 Å². The van der Waals surface area contributed by atoms with E-state index in [0.29, 0.717) is 19.0 Å². The number of urea groups is 1. The van der Waals surface area contributed by atoms with E-state index in [1.165, 1.54) is 4.90 Å². The Morgan fingerprint density at radius 2 is 1.95 bits per heavy atom. The minimum absolute atomic E-state index is 0.00930. The van der Waals surface area contributed by atoms with Crippen molar-refractivity contribution < 1.29 is 9.59 Å². The molecule has 0 radical (unpaired) electrons. The highest BCUT2D eigenvalue weighted by molar-refractivity contribution is 6.07. The highest BCUT2D eigenvalue weighted by Gasteiger charge is 2.51. The van der Waals surface area contributed by atoms with Crippen molar-refractivity contribution in [3.05, 3.63) is 0 Å². The Morgan fingerprint density at radius 3 is 2.52 bits per heavy atom. The highest BCUT2D eigenvalue weighted by Crippen LogP contribution is 2.36. The van der Waals surface area contributed by atoms with Gasteiger partial charge in [-0.1, -0.05) is 20.8 Å². The molecule has 2 fully saturated rings. The Balaban J connectivity index is 1.93.